The molecule has 29 nitrogen and oxygen atoms in total. The molecule has 0 aliphatic carbocycles. The Morgan fingerprint density at radius 1 is 0.456 bits per heavy atom. The van der Waals surface area contributed by atoms with Gasteiger partial charge in [0.1, 0.15) is 37.4 Å². The standard InChI is InChI=1S/C23H19N5O9S2.C22H16N4O10S2.Co.H2O/c1-24-38(33,34)16-11-18(23(30)19(12-16)28(31)32)26-27-21-20(39(35,36)37)10-13-9-15(7-8-17(13)22(21)29)25-14-5-3-2-4-6-14;27-21-16-7-6-14(23-13-4-2-1-3-5-13)8-12(16)9-19(38(34,35)36)20(21)25-24-17-10-15(37(31,32)33)11-18(22(17)28)26(29)30;;/h2-12,24-25,29-30H,1H3,(H,35,36,37);1-11,23,27-28H,(H,31,32,33)(H,34,35,36);;1H2/p+1. The van der Waals surface area contributed by atoms with E-state index in [1.165, 1.54) is 24.3 Å². The first-order chi connectivity index (χ1) is 36.1. The monoisotopic (exact) mass is 1210 g/mol. The summed E-state index contributed by atoms with van der Waals surface area (Å²) >= 11 is 0. The van der Waals surface area contributed by atoms with Gasteiger partial charge in [-0.15, -0.1) is 20.5 Å². The molecule has 415 valence electrons. The number of benzene rings is 8. The van der Waals surface area contributed by atoms with E-state index in [-0.39, 0.29) is 43.8 Å². The maximum atomic E-state index is 12.2. The molecule has 0 amide bonds. The minimum Gasteiger partial charge on any atom is -0.505 e. The second-order valence-electron chi connectivity index (χ2n) is 15.7. The first kappa shape index (κ1) is 61.0. The number of hydrogen-bond acceptors (Lipinski definition) is 22. The van der Waals surface area contributed by atoms with Crippen LogP contribution in [0.3, 0.4) is 0 Å². The van der Waals surface area contributed by atoms with Crippen LogP contribution >= 0.6 is 0 Å². The van der Waals surface area contributed by atoms with Gasteiger partial charge in [0.2, 0.25) is 21.5 Å². The van der Waals surface area contributed by atoms with Gasteiger partial charge >= 0.3 is 11.4 Å². The molecular weight excluding hydrogens is 1170 g/mol. The van der Waals surface area contributed by atoms with E-state index in [1.54, 1.807) is 60.7 Å². The predicted octanol–water partition coefficient (Wildman–Crippen LogP) is 8.36. The zero-order valence-electron chi connectivity index (χ0n) is 39.5. The van der Waals surface area contributed by atoms with Crippen molar-refractivity contribution in [2.75, 3.05) is 17.7 Å². The van der Waals surface area contributed by atoms with Crippen molar-refractivity contribution in [3.05, 3.63) is 154 Å². The Morgan fingerprint density at radius 3 is 1.16 bits per heavy atom. The van der Waals surface area contributed by atoms with Gasteiger partial charge in [0.15, 0.2) is 11.5 Å². The third-order valence-corrected chi connectivity index (χ3v) is 14.6. The Hall–Kier alpha value is -8.81. The number of phenols is 4. The minimum atomic E-state index is -5.03. The van der Waals surface area contributed by atoms with Gasteiger partial charge in [-0.05, 0) is 103 Å². The molecular formula is C45H38CoN9O20S4+. The fourth-order valence-corrected chi connectivity index (χ4v) is 9.65. The molecule has 0 unspecified atom stereocenters. The average Bonchev–Trinajstić information content (AvgIpc) is 3.47. The summed E-state index contributed by atoms with van der Waals surface area (Å²) < 4.78 is 127. The van der Waals surface area contributed by atoms with E-state index in [4.69, 9.17) is 0 Å². The van der Waals surface area contributed by atoms with E-state index in [0.29, 0.717) is 29.6 Å². The summed E-state index contributed by atoms with van der Waals surface area (Å²) in [6.45, 7) is 0. The van der Waals surface area contributed by atoms with Crippen LogP contribution < -0.4 is 15.4 Å². The molecule has 0 aromatic heterocycles. The van der Waals surface area contributed by atoms with Crippen LogP contribution in [-0.4, -0.2) is 84.6 Å². The van der Waals surface area contributed by atoms with Gasteiger partial charge in [0, 0.05) is 62.4 Å². The van der Waals surface area contributed by atoms with Crippen LogP contribution in [0.2, 0.25) is 0 Å². The first-order valence-electron chi connectivity index (χ1n) is 21.0. The summed E-state index contributed by atoms with van der Waals surface area (Å²) in [5.74, 6) is -3.70. The van der Waals surface area contributed by atoms with Gasteiger partial charge in [0.05, 0.1) is 14.7 Å². The number of nitrogens with one attached hydrogen (secondary N) is 3. The fraction of sp³-hybridized carbons (Fsp3) is 0.0222. The molecule has 8 aromatic carbocycles. The van der Waals surface area contributed by atoms with Crippen LogP contribution in [0.15, 0.2) is 173 Å². The maximum absolute atomic E-state index is 12.2. The number of nitro benzene ring substituents is 2. The van der Waals surface area contributed by atoms with Crippen LogP contribution in [0.5, 0.6) is 23.0 Å². The van der Waals surface area contributed by atoms with Gasteiger partial charge in [-0.3, -0.25) is 33.9 Å². The number of anilines is 4. The Morgan fingerprint density at radius 2 is 0.823 bits per heavy atom. The number of rotatable bonds is 15. The van der Waals surface area contributed by atoms with Crippen molar-refractivity contribution in [1.29, 1.82) is 0 Å². The Balaban J connectivity index is 0.000000284. The van der Waals surface area contributed by atoms with E-state index >= 15 is 0 Å². The topological polar surface area (TPSA) is 483 Å². The predicted molar refractivity (Wildman–Crippen MR) is 279 cm³/mol. The minimum absolute atomic E-state index is 0. The molecule has 0 aliphatic rings. The van der Waals surface area contributed by atoms with E-state index in [1.807, 2.05) is 16.9 Å². The second kappa shape index (κ2) is 23.8. The second-order valence-corrected chi connectivity index (χ2v) is 21.8. The molecule has 0 saturated heterocycles. The van der Waals surface area contributed by atoms with Crippen LogP contribution in [0.4, 0.5) is 56.9 Å². The molecule has 0 heterocycles. The fourth-order valence-electron chi connectivity index (χ4n) is 7.04. The number of para-hydroxylation sites is 2. The molecule has 8 rings (SSSR count). The third-order valence-electron chi connectivity index (χ3n) is 10.7. The van der Waals surface area contributed by atoms with Crippen LogP contribution in [0, 0.1) is 20.2 Å². The van der Waals surface area contributed by atoms with E-state index in [2.05, 4.69) is 31.1 Å². The molecule has 0 bridgehead atoms. The van der Waals surface area contributed by atoms with Crippen molar-refractivity contribution < 1.29 is 99.9 Å². The largest absolute Gasteiger partial charge is 0.505 e. The zero-order chi connectivity index (χ0) is 56.4. The number of fused-ring (bicyclic) bond motifs is 2. The average molecular weight is 1210 g/mol. The number of phenolic OH excluding ortho intramolecular Hbond substituents is 4. The third kappa shape index (κ3) is 13.8. The van der Waals surface area contributed by atoms with E-state index in [0.717, 1.165) is 36.6 Å². The van der Waals surface area contributed by atoms with Crippen molar-refractivity contribution >= 4 is 119 Å². The SMILES string of the molecule is CNS(=O)(=O)c1cc(N=Nc2c(S(=O)(=O)O)cc3cc(Nc4ccccc4)ccc3c2O)c(O)c([N+](=O)[O-])c1.O=[N+]([O-])c1cc(S(=O)(=O)O)cc(N=Nc2c(S(=O)(=O)O)cc3cc(Nc4ccccc4)ccc3c2O)c1O.[Co].[OH3+]. The van der Waals surface area contributed by atoms with Gasteiger partial charge in [-0.1, -0.05) is 36.4 Å². The van der Waals surface area contributed by atoms with Crippen LogP contribution in [-0.2, 0) is 62.6 Å². The molecule has 0 fully saturated rings. The van der Waals surface area contributed by atoms with Crippen molar-refractivity contribution in [1.82, 2.24) is 4.72 Å². The summed E-state index contributed by atoms with van der Waals surface area (Å²) in [4.78, 5) is 16.9. The van der Waals surface area contributed by atoms with Crippen LogP contribution in [0.1, 0.15) is 0 Å². The number of nitro groups is 2. The maximum Gasteiger partial charge on any atom is 0.314 e. The normalized spacial score (nSPS) is 11.8. The molecule has 0 aliphatic heterocycles. The number of sulfonamides is 1. The summed E-state index contributed by atoms with van der Waals surface area (Å²) in [5, 5.41) is 85.5. The van der Waals surface area contributed by atoms with E-state index < -0.39 is 127 Å². The van der Waals surface area contributed by atoms with E-state index in [9.17, 15) is 88.0 Å². The molecule has 8 aromatic rings. The Kier molecular flexibility index (Phi) is 18.4. The summed E-state index contributed by atoms with van der Waals surface area (Å²) in [7, 11) is -18.2. The summed E-state index contributed by atoms with van der Waals surface area (Å²) in [6, 6.07) is 31.3. The molecule has 0 spiro atoms. The summed E-state index contributed by atoms with van der Waals surface area (Å²) in [5.41, 5.74) is -2.80. The van der Waals surface area contributed by atoms with Crippen molar-refractivity contribution in [3.63, 3.8) is 0 Å². The molecule has 1 radical (unpaired) electrons. The zero-order valence-corrected chi connectivity index (χ0v) is 43.8. The van der Waals surface area contributed by atoms with Gasteiger partial charge in [-0.2, -0.15) is 25.3 Å². The number of azo groups is 2. The molecule has 0 saturated carbocycles. The Labute approximate surface area is 455 Å². The summed E-state index contributed by atoms with van der Waals surface area (Å²) in [6.07, 6.45) is 0. The number of nitrogens with zero attached hydrogens (tertiary/aromatic N) is 6. The molecule has 13 N–H and O–H groups in total. The molecule has 34 heteroatoms. The van der Waals surface area contributed by atoms with Gasteiger partial charge in [-0.25, -0.2) is 13.1 Å². The van der Waals surface area contributed by atoms with Crippen molar-refractivity contribution in [3.8, 4) is 23.0 Å². The van der Waals surface area contributed by atoms with Crippen LogP contribution in [0.25, 0.3) is 21.5 Å². The number of hydrogen-bond donors (Lipinski definition) is 10. The van der Waals surface area contributed by atoms with Crippen molar-refractivity contribution in [2.45, 2.75) is 19.6 Å². The van der Waals surface area contributed by atoms with Gasteiger partial charge < -0.3 is 36.5 Å². The number of aromatic hydroxyl groups is 4. The smallest absolute Gasteiger partial charge is 0.314 e. The molecule has 79 heavy (non-hydrogen) atoms. The molecule has 0 atom stereocenters. The Bertz CT molecular complexity index is 4260. The van der Waals surface area contributed by atoms with Crippen molar-refractivity contribution in [2.24, 2.45) is 20.5 Å². The van der Waals surface area contributed by atoms with Gasteiger partial charge in [0.25, 0.3) is 30.4 Å². The quantitative estimate of drug-likeness (QED) is 0.0151. The first-order valence-corrected chi connectivity index (χ1v) is 26.8.